The van der Waals surface area contributed by atoms with Crippen molar-refractivity contribution in [3.63, 3.8) is 0 Å². The summed E-state index contributed by atoms with van der Waals surface area (Å²) in [6, 6.07) is 15.3. The summed E-state index contributed by atoms with van der Waals surface area (Å²) in [6.45, 7) is 5.81. The van der Waals surface area contributed by atoms with Crippen LogP contribution in [-0.2, 0) is 25.6 Å². The molecule has 2 aromatic carbocycles. The van der Waals surface area contributed by atoms with Gasteiger partial charge in [0.25, 0.3) is 5.91 Å². The Hall–Kier alpha value is -3.96. The molecule has 0 spiro atoms. The molecule has 2 heterocycles. The molecule has 0 fully saturated rings. The standard InChI is InChI=1S/C24H24N2O3.CO2/c1-14-8-10-17(11-9-14)22-21(16(3)27)23(28)24(29)26(22)13-12-18-15(2)25-20-7-5-4-6-19(18)20;2-1-3/h4-11,22,25,28H,12-13H2,1-3H3;. The summed E-state index contributed by atoms with van der Waals surface area (Å²) in [5, 5.41) is 11.6. The predicted octanol–water partition coefficient (Wildman–Crippen LogP) is 3.73. The summed E-state index contributed by atoms with van der Waals surface area (Å²) in [5.74, 6) is -1.20. The summed E-state index contributed by atoms with van der Waals surface area (Å²) in [4.78, 5) is 46.3. The first-order chi connectivity index (χ1) is 15.3. The second-order valence-electron chi connectivity index (χ2n) is 7.74. The molecule has 1 unspecified atom stereocenters. The highest BCUT2D eigenvalue weighted by molar-refractivity contribution is 6.08. The van der Waals surface area contributed by atoms with E-state index in [1.807, 2.05) is 56.3 Å². The zero-order chi connectivity index (χ0) is 23.4. The van der Waals surface area contributed by atoms with Gasteiger partial charge in [-0.2, -0.15) is 9.59 Å². The van der Waals surface area contributed by atoms with Gasteiger partial charge >= 0.3 is 6.15 Å². The minimum absolute atomic E-state index is 0.175. The number of rotatable bonds is 5. The van der Waals surface area contributed by atoms with E-state index >= 15 is 0 Å². The summed E-state index contributed by atoms with van der Waals surface area (Å²) in [5.41, 5.74) is 5.37. The van der Waals surface area contributed by atoms with Crippen LogP contribution in [0.2, 0.25) is 0 Å². The number of aromatic amines is 1. The number of nitrogens with zero attached hydrogens (tertiary/aromatic N) is 1. The maximum atomic E-state index is 12.8. The number of aryl methyl sites for hydroxylation is 2. The number of carbonyl (C=O) groups excluding carboxylic acids is 4. The molecule has 0 radical (unpaired) electrons. The number of fused-ring (bicyclic) bond motifs is 1. The number of amides is 1. The van der Waals surface area contributed by atoms with Gasteiger partial charge in [0.2, 0.25) is 0 Å². The molecule has 0 bridgehead atoms. The van der Waals surface area contributed by atoms with Crippen LogP contribution in [0.5, 0.6) is 0 Å². The molecule has 3 aromatic rings. The van der Waals surface area contributed by atoms with E-state index in [-0.39, 0.29) is 17.5 Å². The van der Waals surface area contributed by atoms with Gasteiger partial charge in [-0.3, -0.25) is 9.59 Å². The number of aromatic nitrogens is 1. The van der Waals surface area contributed by atoms with Crippen molar-refractivity contribution in [2.45, 2.75) is 33.2 Å². The average molecular weight is 432 g/mol. The minimum atomic E-state index is -0.564. The van der Waals surface area contributed by atoms with Gasteiger partial charge in [-0.05, 0) is 44.4 Å². The SMILES string of the molecule is CC(=O)C1=C(O)C(=O)N(CCc2c(C)[nH]c3ccccc23)C1c1ccc(C)cc1.O=C=O. The molecular weight excluding hydrogens is 408 g/mol. The van der Waals surface area contributed by atoms with Gasteiger partial charge in [-0.15, -0.1) is 0 Å². The molecule has 4 rings (SSSR count). The molecule has 0 saturated carbocycles. The first-order valence-electron chi connectivity index (χ1n) is 10.2. The van der Waals surface area contributed by atoms with Crippen LogP contribution >= 0.6 is 0 Å². The normalized spacial score (nSPS) is 15.5. The number of hydrogen-bond acceptors (Lipinski definition) is 5. The number of hydrogen-bond donors (Lipinski definition) is 2. The highest BCUT2D eigenvalue weighted by atomic mass is 16.3. The van der Waals surface area contributed by atoms with Crippen LogP contribution < -0.4 is 0 Å². The second kappa shape index (κ2) is 9.45. The molecule has 7 heteroatoms. The Bertz CT molecular complexity index is 1230. The number of ketones is 1. The van der Waals surface area contributed by atoms with Crippen molar-refractivity contribution in [3.8, 4) is 0 Å². The van der Waals surface area contributed by atoms with E-state index in [0.717, 1.165) is 33.3 Å². The van der Waals surface area contributed by atoms with Gasteiger partial charge in [-0.1, -0.05) is 48.0 Å². The molecular formula is C25H24N2O5. The van der Waals surface area contributed by atoms with Crippen LogP contribution in [0.3, 0.4) is 0 Å². The number of H-pyrrole nitrogens is 1. The number of para-hydroxylation sites is 1. The fraction of sp³-hybridized carbons (Fsp3) is 0.240. The Morgan fingerprint density at radius 2 is 1.72 bits per heavy atom. The van der Waals surface area contributed by atoms with Gasteiger partial charge in [0.15, 0.2) is 11.5 Å². The monoisotopic (exact) mass is 432 g/mol. The van der Waals surface area contributed by atoms with Crippen molar-refractivity contribution in [1.29, 1.82) is 0 Å². The lowest BCUT2D eigenvalue weighted by molar-refractivity contribution is -0.191. The number of aliphatic hydroxyl groups is 1. The van der Waals surface area contributed by atoms with Gasteiger partial charge in [0, 0.05) is 23.1 Å². The Morgan fingerprint density at radius 3 is 2.34 bits per heavy atom. The van der Waals surface area contributed by atoms with Crippen molar-refractivity contribution in [2.24, 2.45) is 0 Å². The van der Waals surface area contributed by atoms with E-state index in [2.05, 4.69) is 11.1 Å². The summed E-state index contributed by atoms with van der Waals surface area (Å²) >= 11 is 0. The highest BCUT2D eigenvalue weighted by Gasteiger charge is 2.42. The van der Waals surface area contributed by atoms with Crippen molar-refractivity contribution in [1.82, 2.24) is 9.88 Å². The van der Waals surface area contributed by atoms with Gasteiger partial charge < -0.3 is 15.0 Å². The van der Waals surface area contributed by atoms with Gasteiger partial charge in [-0.25, -0.2) is 0 Å². The summed E-state index contributed by atoms with van der Waals surface area (Å²) < 4.78 is 0. The van der Waals surface area contributed by atoms with Crippen LogP contribution in [0.1, 0.15) is 35.3 Å². The number of carbonyl (C=O) groups is 2. The van der Waals surface area contributed by atoms with Crippen molar-refractivity contribution >= 4 is 28.7 Å². The third-order valence-corrected chi connectivity index (χ3v) is 5.71. The van der Waals surface area contributed by atoms with Crippen molar-refractivity contribution in [2.75, 3.05) is 6.54 Å². The topological polar surface area (TPSA) is 108 Å². The van der Waals surface area contributed by atoms with E-state index in [9.17, 15) is 14.7 Å². The van der Waals surface area contributed by atoms with E-state index in [0.29, 0.717) is 13.0 Å². The molecule has 1 amide bonds. The lowest BCUT2D eigenvalue weighted by Crippen LogP contribution is -2.33. The first-order valence-corrected chi connectivity index (χ1v) is 10.2. The number of aliphatic hydroxyl groups excluding tert-OH is 1. The van der Waals surface area contributed by atoms with Crippen LogP contribution in [-0.4, -0.2) is 39.4 Å². The van der Waals surface area contributed by atoms with Crippen LogP contribution in [0.15, 0.2) is 59.9 Å². The Labute approximate surface area is 185 Å². The van der Waals surface area contributed by atoms with Crippen molar-refractivity contribution < 1.29 is 24.3 Å². The van der Waals surface area contributed by atoms with Crippen molar-refractivity contribution in [3.05, 3.63) is 82.2 Å². The molecule has 0 saturated heterocycles. The van der Waals surface area contributed by atoms with Gasteiger partial charge in [0.05, 0.1) is 11.6 Å². The molecule has 1 aliphatic heterocycles. The Morgan fingerprint density at radius 1 is 1.09 bits per heavy atom. The lowest BCUT2D eigenvalue weighted by atomic mass is 9.95. The van der Waals surface area contributed by atoms with Crippen LogP contribution in [0.4, 0.5) is 0 Å². The largest absolute Gasteiger partial charge is 0.503 e. The average Bonchev–Trinajstić information content (AvgIpc) is 3.21. The quantitative estimate of drug-likeness (QED) is 0.639. The fourth-order valence-corrected chi connectivity index (χ4v) is 4.23. The van der Waals surface area contributed by atoms with E-state index in [1.54, 1.807) is 4.90 Å². The van der Waals surface area contributed by atoms with E-state index in [1.165, 1.54) is 6.92 Å². The second-order valence-corrected chi connectivity index (χ2v) is 7.74. The molecule has 0 aliphatic carbocycles. The highest BCUT2D eigenvalue weighted by Crippen LogP contribution is 2.38. The van der Waals surface area contributed by atoms with Crippen LogP contribution in [0.25, 0.3) is 10.9 Å². The smallest absolute Gasteiger partial charge is 0.373 e. The molecule has 7 nitrogen and oxygen atoms in total. The molecule has 2 N–H and O–H groups in total. The summed E-state index contributed by atoms with van der Waals surface area (Å²) in [6.07, 6.45) is 0.877. The van der Waals surface area contributed by atoms with E-state index < -0.39 is 17.7 Å². The molecule has 32 heavy (non-hydrogen) atoms. The molecule has 1 aromatic heterocycles. The fourth-order valence-electron chi connectivity index (χ4n) is 4.23. The molecule has 1 aliphatic rings. The third-order valence-electron chi connectivity index (χ3n) is 5.71. The first kappa shape index (κ1) is 22.7. The third kappa shape index (κ3) is 4.24. The summed E-state index contributed by atoms with van der Waals surface area (Å²) in [7, 11) is 0. The number of nitrogens with one attached hydrogen (secondary N) is 1. The number of benzene rings is 2. The maximum absolute atomic E-state index is 12.8. The number of Topliss-reactive ketones (excluding diaryl/α,β-unsaturated/α-hetero) is 1. The van der Waals surface area contributed by atoms with Gasteiger partial charge in [0.1, 0.15) is 0 Å². The zero-order valence-electron chi connectivity index (χ0n) is 18.1. The molecule has 164 valence electrons. The molecule has 1 atom stereocenters. The predicted molar refractivity (Wildman–Crippen MR) is 118 cm³/mol. The zero-order valence-corrected chi connectivity index (χ0v) is 18.1. The maximum Gasteiger partial charge on any atom is 0.373 e. The van der Waals surface area contributed by atoms with Crippen LogP contribution in [0, 0.1) is 13.8 Å². The Balaban J connectivity index is 0.000000913. The minimum Gasteiger partial charge on any atom is -0.503 e. The Kier molecular flexibility index (Phi) is 6.71. The van der Waals surface area contributed by atoms with E-state index in [4.69, 9.17) is 9.59 Å². The lowest BCUT2D eigenvalue weighted by Gasteiger charge is -2.27.